The summed E-state index contributed by atoms with van der Waals surface area (Å²) >= 11 is 2.53. The lowest BCUT2D eigenvalue weighted by atomic mass is 10.3. The maximum Gasteiger partial charge on any atom is 0.345 e. The van der Waals surface area contributed by atoms with Crippen molar-refractivity contribution in [2.24, 2.45) is 0 Å². The largest absolute Gasteiger partial charge is 0.477 e. The number of thiophene rings is 1. The van der Waals surface area contributed by atoms with E-state index in [9.17, 15) is 9.59 Å². The van der Waals surface area contributed by atoms with Crippen molar-refractivity contribution in [1.29, 1.82) is 0 Å². The predicted molar refractivity (Wildman–Crippen MR) is 81.4 cm³/mol. The quantitative estimate of drug-likeness (QED) is 0.774. The van der Waals surface area contributed by atoms with Gasteiger partial charge in [-0.25, -0.2) is 9.78 Å². The van der Waals surface area contributed by atoms with Crippen molar-refractivity contribution in [3.63, 3.8) is 0 Å². The molecule has 0 aliphatic heterocycles. The molecule has 108 valence electrons. The summed E-state index contributed by atoms with van der Waals surface area (Å²) in [5, 5.41) is 14.0. The SMILES string of the molecule is Cc1cn2c(CC(=O)Nc3ccc(C(=O)O)s3)csc2n1. The maximum absolute atomic E-state index is 12.0. The van der Waals surface area contributed by atoms with Crippen molar-refractivity contribution in [2.75, 3.05) is 5.32 Å². The molecule has 0 aliphatic carbocycles. The molecule has 3 rings (SSSR count). The van der Waals surface area contributed by atoms with Crippen LogP contribution < -0.4 is 5.32 Å². The second-order valence-electron chi connectivity index (χ2n) is 4.46. The van der Waals surface area contributed by atoms with Crippen LogP contribution in [-0.2, 0) is 11.2 Å². The van der Waals surface area contributed by atoms with Crippen molar-refractivity contribution in [2.45, 2.75) is 13.3 Å². The highest BCUT2D eigenvalue weighted by Gasteiger charge is 2.13. The number of hydrogen-bond acceptors (Lipinski definition) is 5. The first kappa shape index (κ1) is 13.8. The number of carbonyl (C=O) groups excluding carboxylic acids is 1. The van der Waals surface area contributed by atoms with E-state index < -0.39 is 5.97 Å². The fourth-order valence-corrected chi connectivity index (χ4v) is 3.61. The first-order valence-corrected chi connectivity index (χ1v) is 7.77. The minimum absolute atomic E-state index is 0.181. The lowest BCUT2D eigenvalue weighted by Gasteiger charge is -2.01. The number of fused-ring (bicyclic) bond motifs is 1. The number of imidazole rings is 1. The molecule has 0 aliphatic rings. The molecule has 0 unspecified atom stereocenters. The Kier molecular flexibility index (Phi) is 3.48. The highest BCUT2D eigenvalue weighted by atomic mass is 32.1. The number of rotatable bonds is 4. The molecular weight excluding hydrogens is 310 g/mol. The number of thiazole rings is 1. The smallest absolute Gasteiger partial charge is 0.345 e. The molecule has 0 saturated heterocycles. The van der Waals surface area contributed by atoms with Crippen LogP contribution in [0.2, 0.25) is 0 Å². The van der Waals surface area contributed by atoms with Crippen molar-refractivity contribution < 1.29 is 14.7 Å². The zero-order valence-corrected chi connectivity index (χ0v) is 12.6. The summed E-state index contributed by atoms with van der Waals surface area (Å²) in [5.41, 5.74) is 1.77. The van der Waals surface area contributed by atoms with Crippen molar-refractivity contribution in [3.8, 4) is 0 Å². The van der Waals surface area contributed by atoms with Crippen LogP contribution in [0.5, 0.6) is 0 Å². The third kappa shape index (κ3) is 2.81. The number of carboxylic acid groups (broad SMARTS) is 1. The van der Waals surface area contributed by atoms with Gasteiger partial charge in [-0.1, -0.05) is 0 Å². The van der Waals surface area contributed by atoms with Crippen LogP contribution in [0.15, 0.2) is 23.7 Å². The van der Waals surface area contributed by atoms with Gasteiger partial charge in [0.2, 0.25) is 5.91 Å². The molecule has 6 nitrogen and oxygen atoms in total. The average molecular weight is 321 g/mol. The van der Waals surface area contributed by atoms with Crippen LogP contribution in [0.4, 0.5) is 5.00 Å². The zero-order valence-electron chi connectivity index (χ0n) is 11.0. The standard InChI is InChI=1S/C13H11N3O3S2/c1-7-5-16-8(6-20-13(16)14-7)4-10(17)15-11-3-2-9(21-11)12(18)19/h2-3,5-6H,4H2,1H3,(H,15,17)(H,18,19). The fourth-order valence-electron chi connectivity index (χ4n) is 1.94. The molecule has 0 saturated carbocycles. The van der Waals surface area contributed by atoms with Gasteiger partial charge < -0.3 is 10.4 Å². The number of anilines is 1. The fraction of sp³-hybridized carbons (Fsp3) is 0.154. The molecule has 0 spiro atoms. The molecule has 3 aromatic heterocycles. The molecule has 3 heterocycles. The normalized spacial score (nSPS) is 10.9. The molecular formula is C13H11N3O3S2. The number of nitrogens with zero attached hydrogens (tertiary/aromatic N) is 2. The minimum atomic E-state index is -0.992. The average Bonchev–Trinajstić information content (AvgIpc) is 3.07. The Morgan fingerprint density at radius 2 is 2.24 bits per heavy atom. The Bertz CT molecular complexity index is 831. The number of hydrogen-bond donors (Lipinski definition) is 2. The van der Waals surface area contributed by atoms with Gasteiger partial charge in [0.25, 0.3) is 0 Å². The Morgan fingerprint density at radius 1 is 1.43 bits per heavy atom. The molecule has 1 amide bonds. The van der Waals surface area contributed by atoms with Crippen LogP contribution in [0, 0.1) is 6.92 Å². The van der Waals surface area contributed by atoms with Gasteiger partial charge in [-0.15, -0.1) is 22.7 Å². The Balaban J connectivity index is 1.72. The summed E-state index contributed by atoms with van der Waals surface area (Å²) < 4.78 is 1.90. The summed E-state index contributed by atoms with van der Waals surface area (Å²) in [5.74, 6) is -1.17. The lowest BCUT2D eigenvalue weighted by molar-refractivity contribution is -0.115. The summed E-state index contributed by atoms with van der Waals surface area (Å²) in [6, 6.07) is 3.07. The second kappa shape index (κ2) is 5.30. The number of aromatic carboxylic acids is 1. The van der Waals surface area contributed by atoms with Crippen molar-refractivity contribution in [3.05, 3.63) is 40.0 Å². The monoisotopic (exact) mass is 321 g/mol. The third-order valence-electron chi connectivity index (χ3n) is 2.82. The van der Waals surface area contributed by atoms with E-state index in [1.54, 1.807) is 6.07 Å². The molecule has 3 aromatic rings. The number of amides is 1. The maximum atomic E-state index is 12.0. The van der Waals surface area contributed by atoms with E-state index in [1.165, 1.54) is 17.4 Å². The molecule has 2 N–H and O–H groups in total. The molecule has 21 heavy (non-hydrogen) atoms. The van der Waals surface area contributed by atoms with Gasteiger partial charge in [0.05, 0.1) is 17.1 Å². The van der Waals surface area contributed by atoms with Gasteiger partial charge in [0.1, 0.15) is 4.88 Å². The number of aryl methyl sites for hydroxylation is 1. The minimum Gasteiger partial charge on any atom is -0.477 e. The van der Waals surface area contributed by atoms with E-state index in [0.29, 0.717) is 5.00 Å². The number of aromatic nitrogens is 2. The van der Waals surface area contributed by atoms with E-state index in [0.717, 1.165) is 27.7 Å². The molecule has 0 bridgehead atoms. The summed E-state index contributed by atoms with van der Waals surface area (Å²) in [6.45, 7) is 1.91. The van der Waals surface area contributed by atoms with E-state index in [2.05, 4.69) is 10.3 Å². The second-order valence-corrected chi connectivity index (χ2v) is 6.38. The van der Waals surface area contributed by atoms with Gasteiger partial charge in [0.15, 0.2) is 4.96 Å². The third-order valence-corrected chi connectivity index (χ3v) is 4.70. The summed E-state index contributed by atoms with van der Waals surface area (Å²) in [4.78, 5) is 28.2. The van der Waals surface area contributed by atoms with Crippen LogP contribution in [0.25, 0.3) is 4.96 Å². The van der Waals surface area contributed by atoms with Gasteiger partial charge in [-0.2, -0.15) is 0 Å². The molecule has 0 fully saturated rings. The van der Waals surface area contributed by atoms with Crippen LogP contribution in [0.3, 0.4) is 0 Å². The van der Waals surface area contributed by atoms with Crippen molar-refractivity contribution >= 4 is 44.5 Å². The first-order chi connectivity index (χ1) is 10.0. The summed E-state index contributed by atoms with van der Waals surface area (Å²) in [7, 11) is 0. The Labute approximate surface area is 127 Å². The highest BCUT2D eigenvalue weighted by Crippen LogP contribution is 2.22. The number of carbonyl (C=O) groups is 2. The van der Waals surface area contributed by atoms with Gasteiger partial charge in [-0.3, -0.25) is 9.20 Å². The van der Waals surface area contributed by atoms with E-state index >= 15 is 0 Å². The van der Waals surface area contributed by atoms with Crippen LogP contribution in [0.1, 0.15) is 21.1 Å². The van der Waals surface area contributed by atoms with Gasteiger partial charge >= 0.3 is 5.97 Å². The van der Waals surface area contributed by atoms with E-state index in [1.807, 2.05) is 22.9 Å². The highest BCUT2D eigenvalue weighted by molar-refractivity contribution is 7.18. The molecule has 0 aromatic carbocycles. The zero-order chi connectivity index (χ0) is 15.0. The van der Waals surface area contributed by atoms with Crippen molar-refractivity contribution in [1.82, 2.24) is 9.38 Å². The number of carboxylic acids is 1. The molecule has 0 radical (unpaired) electrons. The van der Waals surface area contributed by atoms with E-state index in [4.69, 9.17) is 5.11 Å². The predicted octanol–water partition coefficient (Wildman–Crippen LogP) is 2.65. The van der Waals surface area contributed by atoms with Gasteiger partial charge in [-0.05, 0) is 19.1 Å². The van der Waals surface area contributed by atoms with Gasteiger partial charge in [0, 0.05) is 17.3 Å². The molecule has 0 atom stereocenters. The van der Waals surface area contributed by atoms with Crippen LogP contribution in [-0.4, -0.2) is 26.4 Å². The van der Waals surface area contributed by atoms with E-state index in [-0.39, 0.29) is 17.2 Å². The first-order valence-electron chi connectivity index (χ1n) is 6.08. The van der Waals surface area contributed by atoms with Crippen LogP contribution >= 0.6 is 22.7 Å². The Hall–Kier alpha value is -2.19. The lowest BCUT2D eigenvalue weighted by Crippen LogP contribution is -2.14. The summed E-state index contributed by atoms with van der Waals surface area (Å²) in [6.07, 6.45) is 2.11. The number of nitrogens with one attached hydrogen (secondary N) is 1. The topological polar surface area (TPSA) is 83.7 Å². The molecule has 8 heteroatoms. The Morgan fingerprint density at radius 3 is 2.95 bits per heavy atom.